The predicted molar refractivity (Wildman–Crippen MR) is 61.9 cm³/mol. The first kappa shape index (κ1) is 8.14. The van der Waals surface area contributed by atoms with Gasteiger partial charge < -0.3 is 5.73 Å². The van der Waals surface area contributed by atoms with E-state index in [2.05, 4.69) is 23.0 Å². The number of hydrogen-bond acceptors (Lipinski definition) is 5. The summed E-state index contributed by atoms with van der Waals surface area (Å²) in [6, 6.07) is 2.12. The highest BCUT2D eigenvalue weighted by Crippen LogP contribution is 2.34. The minimum Gasteiger partial charge on any atom is -0.375 e. The van der Waals surface area contributed by atoms with Crippen LogP contribution in [0.3, 0.4) is 0 Å². The smallest absolute Gasteiger partial charge is 0.181 e. The highest BCUT2D eigenvalue weighted by Gasteiger charge is 2.10. The van der Waals surface area contributed by atoms with Crippen LogP contribution in [0, 0.1) is 6.92 Å². The van der Waals surface area contributed by atoms with Gasteiger partial charge in [0, 0.05) is 0 Å². The first-order valence-corrected chi connectivity index (χ1v) is 5.84. The predicted octanol–water partition coefficient (Wildman–Crippen LogP) is 2.80. The minimum absolute atomic E-state index is 0.614. The highest BCUT2D eigenvalue weighted by molar-refractivity contribution is 7.24. The zero-order valence-electron chi connectivity index (χ0n) is 7.44. The molecule has 0 saturated heterocycles. The second-order valence-electron chi connectivity index (χ2n) is 3.12. The number of anilines is 1. The van der Waals surface area contributed by atoms with E-state index in [1.54, 1.807) is 11.3 Å². The Kier molecular flexibility index (Phi) is 1.54. The Labute approximate surface area is 88.2 Å². The monoisotopic (exact) mass is 221 g/mol. The molecule has 3 nitrogen and oxygen atoms in total. The molecular formula is C9H7N3S2. The van der Waals surface area contributed by atoms with Gasteiger partial charge in [-0.25, -0.2) is 9.97 Å². The summed E-state index contributed by atoms with van der Waals surface area (Å²) in [5.41, 5.74) is 10.8. The molecule has 70 valence electrons. The third kappa shape index (κ3) is 0.964. The summed E-state index contributed by atoms with van der Waals surface area (Å²) >= 11 is 3.16. The average Bonchev–Trinajstić information content (AvgIpc) is 2.69. The summed E-state index contributed by atoms with van der Waals surface area (Å²) in [7, 11) is 0. The lowest BCUT2D eigenvalue weighted by Gasteiger charge is -1.94. The number of aryl methyl sites for hydroxylation is 1. The quantitative estimate of drug-likeness (QED) is 0.635. The van der Waals surface area contributed by atoms with Gasteiger partial charge in [0.15, 0.2) is 5.13 Å². The number of benzene rings is 1. The van der Waals surface area contributed by atoms with Crippen LogP contribution in [-0.4, -0.2) is 9.97 Å². The lowest BCUT2D eigenvalue weighted by Crippen LogP contribution is -1.81. The molecule has 0 bridgehead atoms. The number of thiazole rings is 2. The second-order valence-corrected chi connectivity index (χ2v) is 5.04. The van der Waals surface area contributed by atoms with E-state index in [-0.39, 0.29) is 0 Å². The zero-order valence-corrected chi connectivity index (χ0v) is 9.08. The molecule has 2 N–H and O–H groups in total. The molecule has 0 aliphatic carbocycles. The molecule has 1 aromatic carbocycles. The molecule has 3 aromatic rings. The molecule has 0 saturated carbocycles. The van der Waals surface area contributed by atoms with E-state index < -0.39 is 0 Å². The Morgan fingerprint density at radius 2 is 2.21 bits per heavy atom. The van der Waals surface area contributed by atoms with Gasteiger partial charge in [0.1, 0.15) is 5.52 Å². The van der Waals surface area contributed by atoms with Crippen molar-refractivity contribution in [1.29, 1.82) is 0 Å². The van der Waals surface area contributed by atoms with Gasteiger partial charge in [-0.15, -0.1) is 11.3 Å². The number of nitrogens with two attached hydrogens (primary N) is 1. The molecule has 0 spiro atoms. The van der Waals surface area contributed by atoms with Crippen molar-refractivity contribution in [1.82, 2.24) is 9.97 Å². The van der Waals surface area contributed by atoms with Crippen molar-refractivity contribution in [2.24, 2.45) is 0 Å². The molecule has 0 radical (unpaired) electrons. The highest BCUT2D eigenvalue weighted by atomic mass is 32.1. The maximum absolute atomic E-state index is 5.70. The molecule has 2 heterocycles. The van der Waals surface area contributed by atoms with E-state index in [0.717, 1.165) is 15.7 Å². The summed E-state index contributed by atoms with van der Waals surface area (Å²) in [5, 5.41) is 0.614. The summed E-state index contributed by atoms with van der Waals surface area (Å²) in [5.74, 6) is 0. The first-order valence-electron chi connectivity index (χ1n) is 4.14. The summed E-state index contributed by atoms with van der Waals surface area (Å²) in [6.07, 6.45) is 0. The summed E-state index contributed by atoms with van der Waals surface area (Å²) < 4.78 is 2.32. The Hall–Kier alpha value is -1.20. The van der Waals surface area contributed by atoms with Gasteiger partial charge in [-0.2, -0.15) is 0 Å². The maximum Gasteiger partial charge on any atom is 0.181 e. The van der Waals surface area contributed by atoms with Crippen LogP contribution in [0.15, 0.2) is 11.6 Å². The number of aromatic nitrogens is 2. The van der Waals surface area contributed by atoms with Gasteiger partial charge in [0.2, 0.25) is 0 Å². The van der Waals surface area contributed by atoms with E-state index in [1.807, 2.05) is 5.51 Å². The van der Waals surface area contributed by atoms with Crippen molar-refractivity contribution in [2.45, 2.75) is 6.92 Å². The maximum atomic E-state index is 5.70. The molecule has 0 atom stereocenters. The number of fused-ring (bicyclic) bond motifs is 3. The standard InChI is InChI=1S/C9H7N3S2/c1-4-2-5-7(11-3-13-5)8-6(4)12-9(10)14-8/h2-3H,1H3,(H2,10,12). The summed E-state index contributed by atoms with van der Waals surface area (Å²) in [6.45, 7) is 2.06. The average molecular weight is 221 g/mol. The van der Waals surface area contributed by atoms with Crippen molar-refractivity contribution < 1.29 is 0 Å². The van der Waals surface area contributed by atoms with Crippen LogP contribution in [0.2, 0.25) is 0 Å². The van der Waals surface area contributed by atoms with Crippen LogP contribution in [0.4, 0.5) is 5.13 Å². The SMILES string of the molecule is Cc1cc2scnc2c2sc(N)nc12. The molecule has 5 heteroatoms. The minimum atomic E-state index is 0.614. The third-order valence-corrected chi connectivity index (χ3v) is 3.84. The first-order chi connectivity index (χ1) is 6.75. The van der Waals surface area contributed by atoms with E-state index in [0.29, 0.717) is 5.13 Å². The van der Waals surface area contributed by atoms with E-state index in [1.165, 1.54) is 21.6 Å². The van der Waals surface area contributed by atoms with Gasteiger partial charge >= 0.3 is 0 Å². The number of rotatable bonds is 0. The number of nitrogens with zero attached hydrogens (tertiary/aromatic N) is 2. The van der Waals surface area contributed by atoms with Crippen molar-refractivity contribution in [3.05, 3.63) is 17.1 Å². The van der Waals surface area contributed by atoms with Crippen molar-refractivity contribution in [3.8, 4) is 0 Å². The Bertz CT molecular complexity index is 623. The molecule has 14 heavy (non-hydrogen) atoms. The lowest BCUT2D eigenvalue weighted by molar-refractivity contribution is 1.43. The molecule has 0 amide bonds. The van der Waals surface area contributed by atoms with Gasteiger partial charge in [-0.3, -0.25) is 0 Å². The second kappa shape index (κ2) is 2.65. The Morgan fingerprint density at radius 3 is 3.07 bits per heavy atom. The van der Waals surface area contributed by atoms with E-state index in [4.69, 9.17) is 5.73 Å². The van der Waals surface area contributed by atoms with Crippen molar-refractivity contribution in [3.63, 3.8) is 0 Å². The zero-order chi connectivity index (χ0) is 9.71. The van der Waals surface area contributed by atoms with Crippen LogP contribution in [0.1, 0.15) is 5.56 Å². The molecule has 0 fully saturated rings. The van der Waals surface area contributed by atoms with Gasteiger partial charge in [-0.05, 0) is 18.6 Å². The molecule has 0 unspecified atom stereocenters. The van der Waals surface area contributed by atoms with Crippen molar-refractivity contribution in [2.75, 3.05) is 5.73 Å². The number of nitrogen functional groups attached to an aromatic ring is 1. The molecule has 0 aliphatic heterocycles. The van der Waals surface area contributed by atoms with E-state index >= 15 is 0 Å². The van der Waals surface area contributed by atoms with Crippen LogP contribution >= 0.6 is 22.7 Å². The van der Waals surface area contributed by atoms with Crippen LogP contribution in [-0.2, 0) is 0 Å². The largest absolute Gasteiger partial charge is 0.375 e. The molecule has 0 aliphatic rings. The Morgan fingerprint density at radius 1 is 1.36 bits per heavy atom. The lowest BCUT2D eigenvalue weighted by atomic mass is 10.2. The third-order valence-electron chi connectivity index (χ3n) is 2.17. The van der Waals surface area contributed by atoms with Crippen molar-refractivity contribution >= 4 is 48.2 Å². The molecular weight excluding hydrogens is 214 g/mol. The van der Waals surface area contributed by atoms with Gasteiger partial charge in [-0.1, -0.05) is 11.3 Å². The van der Waals surface area contributed by atoms with E-state index in [9.17, 15) is 0 Å². The Balaban J connectivity index is 2.65. The van der Waals surface area contributed by atoms with Crippen LogP contribution in [0.25, 0.3) is 20.4 Å². The fourth-order valence-corrected chi connectivity index (χ4v) is 3.31. The van der Waals surface area contributed by atoms with Gasteiger partial charge in [0.05, 0.1) is 20.4 Å². The molecule has 2 aromatic heterocycles. The number of hydrogen-bond donors (Lipinski definition) is 1. The normalized spacial score (nSPS) is 11.5. The van der Waals surface area contributed by atoms with Gasteiger partial charge in [0.25, 0.3) is 0 Å². The van der Waals surface area contributed by atoms with Crippen LogP contribution < -0.4 is 5.73 Å². The fraction of sp³-hybridized carbons (Fsp3) is 0.111. The summed E-state index contributed by atoms with van der Waals surface area (Å²) in [4.78, 5) is 8.64. The molecule has 3 rings (SSSR count). The topological polar surface area (TPSA) is 51.8 Å². The van der Waals surface area contributed by atoms with Crippen LogP contribution in [0.5, 0.6) is 0 Å². The fourth-order valence-electron chi connectivity index (χ4n) is 1.56.